The van der Waals surface area contributed by atoms with Crippen LogP contribution in [0, 0.1) is 0 Å². The third-order valence-corrected chi connectivity index (χ3v) is 3.32. The van der Waals surface area contributed by atoms with Crippen molar-refractivity contribution in [3.05, 3.63) is 65.7 Å². The Morgan fingerprint density at radius 2 is 1.70 bits per heavy atom. The molecule has 0 saturated carbocycles. The first-order valence-corrected chi connectivity index (χ1v) is 7.12. The van der Waals surface area contributed by atoms with E-state index in [4.69, 9.17) is 5.73 Å². The lowest BCUT2D eigenvalue weighted by Crippen LogP contribution is -2.04. The van der Waals surface area contributed by atoms with Gasteiger partial charge in [-0.2, -0.15) is 0 Å². The Labute approximate surface area is 121 Å². The molecular weight excluding hydrogens is 244 g/mol. The third-order valence-electron chi connectivity index (χ3n) is 3.32. The van der Waals surface area contributed by atoms with Crippen molar-refractivity contribution in [2.45, 2.75) is 20.3 Å². The van der Waals surface area contributed by atoms with E-state index in [1.165, 1.54) is 11.1 Å². The molecule has 0 unspecified atom stereocenters. The molecule has 0 fully saturated rings. The van der Waals surface area contributed by atoms with E-state index in [9.17, 15) is 0 Å². The van der Waals surface area contributed by atoms with Crippen LogP contribution in [0.2, 0.25) is 0 Å². The average molecular weight is 266 g/mol. The van der Waals surface area contributed by atoms with Gasteiger partial charge in [-0.05, 0) is 31.1 Å². The van der Waals surface area contributed by atoms with Crippen LogP contribution in [-0.2, 0) is 0 Å². The maximum Gasteiger partial charge on any atom is 0.0419 e. The lowest BCUT2D eigenvalue weighted by atomic mass is 9.95. The molecule has 3 N–H and O–H groups in total. The van der Waals surface area contributed by atoms with Gasteiger partial charge in [0.15, 0.2) is 0 Å². The van der Waals surface area contributed by atoms with Crippen molar-refractivity contribution in [3.63, 3.8) is 0 Å². The molecule has 2 aromatic carbocycles. The van der Waals surface area contributed by atoms with E-state index in [2.05, 4.69) is 55.6 Å². The highest BCUT2D eigenvalue weighted by atomic mass is 14.9. The highest BCUT2D eigenvalue weighted by Gasteiger charge is 2.10. The first-order chi connectivity index (χ1) is 9.77. The first-order valence-electron chi connectivity index (χ1n) is 7.12. The number of hydrogen-bond acceptors (Lipinski definition) is 2. The Morgan fingerprint density at radius 1 is 1.05 bits per heavy atom. The molecule has 2 aromatic rings. The van der Waals surface area contributed by atoms with Crippen molar-refractivity contribution in [1.82, 2.24) is 0 Å². The fraction of sp³-hybridized carbons (Fsp3) is 0.222. The summed E-state index contributed by atoms with van der Waals surface area (Å²) in [6, 6.07) is 16.4. The molecule has 0 amide bonds. The van der Waals surface area contributed by atoms with Crippen LogP contribution in [0.5, 0.6) is 0 Å². The van der Waals surface area contributed by atoms with Gasteiger partial charge in [-0.3, -0.25) is 0 Å². The summed E-state index contributed by atoms with van der Waals surface area (Å²) in [6.45, 7) is 5.19. The number of nitrogens with two attached hydrogens (primary N) is 1. The lowest BCUT2D eigenvalue weighted by Gasteiger charge is -2.16. The highest BCUT2D eigenvalue weighted by molar-refractivity contribution is 5.90. The van der Waals surface area contributed by atoms with Gasteiger partial charge in [0, 0.05) is 29.0 Å². The van der Waals surface area contributed by atoms with Gasteiger partial charge in [0.25, 0.3) is 0 Å². The normalized spacial score (nSPS) is 11.4. The van der Waals surface area contributed by atoms with Gasteiger partial charge in [0.2, 0.25) is 0 Å². The summed E-state index contributed by atoms with van der Waals surface area (Å²) >= 11 is 0. The second-order valence-electron chi connectivity index (χ2n) is 4.76. The molecule has 2 heteroatoms. The highest BCUT2D eigenvalue weighted by Crippen LogP contribution is 2.32. The van der Waals surface area contributed by atoms with Gasteiger partial charge in [0.1, 0.15) is 0 Å². The molecule has 104 valence electrons. The van der Waals surface area contributed by atoms with Crippen LogP contribution < -0.4 is 11.1 Å². The second-order valence-corrected chi connectivity index (χ2v) is 4.76. The van der Waals surface area contributed by atoms with Gasteiger partial charge in [0.05, 0.1) is 0 Å². The molecule has 0 aliphatic rings. The van der Waals surface area contributed by atoms with Gasteiger partial charge < -0.3 is 11.1 Å². The Hall–Kier alpha value is -2.22. The van der Waals surface area contributed by atoms with Gasteiger partial charge in [-0.1, -0.05) is 49.4 Å². The molecule has 0 aliphatic heterocycles. The Balaban J connectivity index is 2.46. The third kappa shape index (κ3) is 3.02. The number of para-hydroxylation sites is 2. The number of rotatable bonds is 5. The summed E-state index contributed by atoms with van der Waals surface area (Å²) in [6.07, 6.45) is 3.23. The maximum absolute atomic E-state index is 6.12. The first kappa shape index (κ1) is 14.2. The van der Waals surface area contributed by atoms with Crippen LogP contribution in [0.1, 0.15) is 31.4 Å². The zero-order valence-electron chi connectivity index (χ0n) is 12.2. The van der Waals surface area contributed by atoms with Crippen molar-refractivity contribution in [2.24, 2.45) is 0 Å². The number of benzene rings is 2. The molecule has 0 heterocycles. The summed E-state index contributed by atoms with van der Waals surface area (Å²) in [7, 11) is 0. The van der Waals surface area contributed by atoms with E-state index in [-0.39, 0.29) is 0 Å². The number of hydrogen-bond donors (Lipinski definition) is 2. The van der Waals surface area contributed by atoms with Gasteiger partial charge >= 0.3 is 0 Å². The fourth-order valence-electron chi connectivity index (χ4n) is 2.33. The largest absolute Gasteiger partial charge is 0.398 e. The second kappa shape index (κ2) is 6.80. The van der Waals surface area contributed by atoms with E-state index >= 15 is 0 Å². The standard InChI is InChI=1S/C18H22N2/c1-3-13-20-18-12-8-6-10-16(18)14(4-2)15-9-5-7-11-17(15)19/h4-12,20H,3,13,19H2,1-2H3/b14-4+. The topological polar surface area (TPSA) is 38.0 Å². The molecule has 0 spiro atoms. The summed E-state index contributed by atoms with van der Waals surface area (Å²) in [5, 5.41) is 3.49. The predicted molar refractivity (Wildman–Crippen MR) is 88.8 cm³/mol. The van der Waals surface area contributed by atoms with E-state index in [0.29, 0.717) is 0 Å². The number of allylic oxidation sites excluding steroid dienone is 1. The molecule has 0 atom stereocenters. The summed E-state index contributed by atoms with van der Waals surface area (Å²) in [5.74, 6) is 0. The minimum atomic E-state index is 0.811. The monoisotopic (exact) mass is 266 g/mol. The van der Waals surface area contributed by atoms with Crippen molar-refractivity contribution >= 4 is 16.9 Å². The number of nitrogen functional groups attached to an aromatic ring is 1. The van der Waals surface area contributed by atoms with E-state index < -0.39 is 0 Å². The van der Waals surface area contributed by atoms with E-state index in [1.54, 1.807) is 0 Å². The van der Waals surface area contributed by atoms with E-state index in [0.717, 1.165) is 29.9 Å². The zero-order chi connectivity index (χ0) is 14.4. The molecule has 2 rings (SSSR count). The minimum absolute atomic E-state index is 0.811. The van der Waals surface area contributed by atoms with Crippen LogP contribution in [-0.4, -0.2) is 6.54 Å². The Morgan fingerprint density at radius 3 is 2.35 bits per heavy atom. The Bertz CT molecular complexity index is 600. The van der Waals surface area contributed by atoms with Crippen LogP contribution in [0.3, 0.4) is 0 Å². The van der Waals surface area contributed by atoms with Crippen molar-refractivity contribution < 1.29 is 0 Å². The number of nitrogens with one attached hydrogen (secondary N) is 1. The molecule has 0 saturated heterocycles. The van der Waals surface area contributed by atoms with Crippen LogP contribution in [0.25, 0.3) is 5.57 Å². The lowest BCUT2D eigenvalue weighted by molar-refractivity contribution is 0.979. The summed E-state index contributed by atoms with van der Waals surface area (Å²) in [5.41, 5.74) is 11.5. The van der Waals surface area contributed by atoms with Gasteiger partial charge in [-0.15, -0.1) is 0 Å². The smallest absolute Gasteiger partial charge is 0.0419 e. The summed E-state index contributed by atoms with van der Waals surface area (Å²) in [4.78, 5) is 0. The fourth-order valence-corrected chi connectivity index (χ4v) is 2.33. The van der Waals surface area contributed by atoms with E-state index in [1.807, 2.05) is 18.2 Å². The molecule has 0 radical (unpaired) electrons. The zero-order valence-corrected chi connectivity index (χ0v) is 12.2. The SMILES string of the molecule is C/C=C(\c1ccccc1N)c1ccccc1NCCC. The average Bonchev–Trinajstić information content (AvgIpc) is 2.49. The van der Waals surface area contributed by atoms with Gasteiger partial charge in [-0.25, -0.2) is 0 Å². The molecule has 0 bridgehead atoms. The Kier molecular flexibility index (Phi) is 4.83. The van der Waals surface area contributed by atoms with Crippen LogP contribution >= 0.6 is 0 Å². The molecule has 0 aliphatic carbocycles. The minimum Gasteiger partial charge on any atom is -0.398 e. The quantitative estimate of drug-likeness (QED) is 0.780. The summed E-state index contributed by atoms with van der Waals surface area (Å²) < 4.78 is 0. The maximum atomic E-state index is 6.12. The van der Waals surface area contributed by atoms with Crippen LogP contribution in [0.15, 0.2) is 54.6 Å². The van der Waals surface area contributed by atoms with Crippen molar-refractivity contribution in [3.8, 4) is 0 Å². The molecule has 0 aromatic heterocycles. The van der Waals surface area contributed by atoms with Crippen molar-refractivity contribution in [1.29, 1.82) is 0 Å². The van der Waals surface area contributed by atoms with Crippen LogP contribution in [0.4, 0.5) is 11.4 Å². The molecule has 2 nitrogen and oxygen atoms in total. The number of anilines is 2. The van der Waals surface area contributed by atoms with Crippen molar-refractivity contribution in [2.75, 3.05) is 17.6 Å². The molecule has 20 heavy (non-hydrogen) atoms. The molecular formula is C18H22N2. The predicted octanol–water partition coefficient (Wildman–Crippen LogP) is 4.54.